The number of pyridine rings is 1. The molecule has 1 aliphatic heterocycles. The summed E-state index contributed by atoms with van der Waals surface area (Å²) in [6, 6.07) is 11.6. The third kappa shape index (κ3) is 4.15. The zero-order valence-electron chi connectivity index (χ0n) is 17.2. The summed E-state index contributed by atoms with van der Waals surface area (Å²) in [5.74, 6) is 2.21. The maximum atomic E-state index is 12.8. The highest BCUT2D eigenvalue weighted by atomic mass is 16.5. The number of aromatic nitrogens is 3. The zero-order valence-corrected chi connectivity index (χ0v) is 17.2. The Morgan fingerprint density at radius 2 is 2.17 bits per heavy atom. The first-order valence-corrected chi connectivity index (χ1v) is 10.2. The van der Waals surface area contributed by atoms with E-state index in [9.17, 15) is 4.79 Å². The molecule has 0 spiro atoms. The number of nitrogens with zero attached hydrogens (tertiary/aromatic N) is 4. The summed E-state index contributed by atoms with van der Waals surface area (Å²) in [4.78, 5) is 14.7. The first kappa shape index (κ1) is 19.9. The molecule has 7 nitrogen and oxygen atoms in total. The highest BCUT2D eigenvalue weighted by Gasteiger charge is 2.28. The zero-order chi connectivity index (χ0) is 20.9. The Hall–Kier alpha value is -3.35. The fraction of sp³-hybridized carbons (Fsp3) is 0.348. The van der Waals surface area contributed by atoms with Crippen molar-refractivity contribution in [3.63, 3.8) is 0 Å². The van der Waals surface area contributed by atoms with Crippen molar-refractivity contribution in [2.75, 3.05) is 26.8 Å². The number of rotatable bonds is 7. The molecular weight excluding hydrogens is 380 g/mol. The van der Waals surface area contributed by atoms with Gasteiger partial charge in [0.05, 0.1) is 7.11 Å². The summed E-state index contributed by atoms with van der Waals surface area (Å²) in [5.41, 5.74) is 1.91. The molecule has 156 valence electrons. The molecule has 1 aromatic carbocycles. The van der Waals surface area contributed by atoms with E-state index in [0.717, 1.165) is 42.8 Å². The molecule has 1 aliphatic rings. The minimum Gasteiger partial charge on any atom is -0.493 e. The quantitative estimate of drug-likeness (QED) is 0.564. The van der Waals surface area contributed by atoms with Gasteiger partial charge in [-0.2, -0.15) is 0 Å². The van der Waals surface area contributed by atoms with Gasteiger partial charge < -0.3 is 14.4 Å². The second kappa shape index (κ2) is 8.98. The van der Waals surface area contributed by atoms with Gasteiger partial charge in [-0.05, 0) is 49.1 Å². The van der Waals surface area contributed by atoms with Crippen molar-refractivity contribution in [2.24, 2.45) is 0 Å². The van der Waals surface area contributed by atoms with Gasteiger partial charge in [-0.25, -0.2) is 0 Å². The van der Waals surface area contributed by atoms with Crippen molar-refractivity contribution < 1.29 is 14.3 Å². The minimum absolute atomic E-state index is 0.0233. The van der Waals surface area contributed by atoms with Gasteiger partial charge in [0.15, 0.2) is 23.8 Å². The van der Waals surface area contributed by atoms with E-state index in [1.807, 2.05) is 58.0 Å². The van der Waals surface area contributed by atoms with Gasteiger partial charge in [0.1, 0.15) is 5.82 Å². The van der Waals surface area contributed by atoms with Gasteiger partial charge >= 0.3 is 0 Å². The highest BCUT2D eigenvalue weighted by molar-refractivity contribution is 5.78. The lowest BCUT2D eigenvalue weighted by atomic mass is 9.97. The van der Waals surface area contributed by atoms with E-state index in [1.54, 1.807) is 7.11 Å². The lowest BCUT2D eigenvalue weighted by Gasteiger charge is -2.32. The molecule has 7 heteroatoms. The van der Waals surface area contributed by atoms with E-state index in [-0.39, 0.29) is 18.4 Å². The maximum Gasteiger partial charge on any atom is 0.260 e. The number of methoxy groups -OCH3 is 1. The first-order valence-electron chi connectivity index (χ1n) is 10.2. The van der Waals surface area contributed by atoms with Crippen molar-refractivity contribution in [1.29, 1.82) is 0 Å². The van der Waals surface area contributed by atoms with E-state index >= 15 is 0 Å². The molecule has 1 atom stereocenters. The Labute approximate surface area is 175 Å². The normalized spacial score (nSPS) is 16.4. The average Bonchev–Trinajstić information content (AvgIpc) is 3.22. The molecule has 0 radical (unpaired) electrons. The van der Waals surface area contributed by atoms with E-state index < -0.39 is 0 Å². The fourth-order valence-corrected chi connectivity index (χ4v) is 3.91. The topological polar surface area (TPSA) is 69.0 Å². The van der Waals surface area contributed by atoms with Crippen molar-refractivity contribution in [1.82, 2.24) is 19.5 Å². The third-order valence-electron chi connectivity index (χ3n) is 5.44. The Morgan fingerprint density at radius 3 is 3.00 bits per heavy atom. The Kier molecular flexibility index (Phi) is 5.97. The second-order valence-electron chi connectivity index (χ2n) is 7.43. The number of hydrogen-bond donors (Lipinski definition) is 0. The summed E-state index contributed by atoms with van der Waals surface area (Å²) in [7, 11) is 1.60. The van der Waals surface area contributed by atoms with Crippen LogP contribution < -0.4 is 9.47 Å². The van der Waals surface area contributed by atoms with Crippen LogP contribution in [0.15, 0.2) is 55.3 Å². The molecule has 30 heavy (non-hydrogen) atoms. The number of ether oxygens (including phenoxy) is 2. The van der Waals surface area contributed by atoms with Gasteiger partial charge in [0, 0.05) is 25.2 Å². The van der Waals surface area contributed by atoms with Crippen LogP contribution in [0.4, 0.5) is 0 Å². The van der Waals surface area contributed by atoms with Crippen molar-refractivity contribution in [3.05, 3.63) is 66.6 Å². The number of hydrogen-bond acceptors (Lipinski definition) is 5. The number of likely N-dealkylation sites (tertiary alicyclic amines) is 1. The van der Waals surface area contributed by atoms with Crippen molar-refractivity contribution in [2.45, 2.75) is 25.2 Å². The number of piperidine rings is 1. The summed E-state index contributed by atoms with van der Waals surface area (Å²) < 4.78 is 13.2. The Balaban J connectivity index is 1.41. The standard InChI is InChI=1S/C23H26N4O3/c1-3-7-17-10-11-19(20(14-17)29-2)30-16-22(28)26-12-6-8-18(15-26)23-25-24-21-9-4-5-13-27(21)23/h3-5,9-11,13-14,18H,1,6-8,12,15-16H2,2H3. The third-order valence-corrected chi connectivity index (χ3v) is 5.44. The lowest BCUT2D eigenvalue weighted by molar-refractivity contribution is -0.134. The Morgan fingerprint density at radius 1 is 1.27 bits per heavy atom. The number of benzene rings is 1. The number of allylic oxidation sites excluding steroid dienone is 1. The van der Waals surface area contributed by atoms with Crippen LogP contribution in [0.25, 0.3) is 5.65 Å². The van der Waals surface area contributed by atoms with E-state index in [0.29, 0.717) is 18.0 Å². The van der Waals surface area contributed by atoms with E-state index in [1.165, 1.54) is 0 Å². The molecule has 0 aliphatic carbocycles. The highest BCUT2D eigenvalue weighted by Crippen LogP contribution is 2.29. The molecule has 0 N–H and O–H groups in total. The molecule has 2 aromatic heterocycles. The van der Waals surface area contributed by atoms with E-state index in [2.05, 4.69) is 16.8 Å². The van der Waals surface area contributed by atoms with Crippen LogP contribution in [0.1, 0.15) is 30.1 Å². The average molecular weight is 406 g/mol. The molecule has 1 amide bonds. The summed E-state index contributed by atoms with van der Waals surface area (Å²) in [6.45, 7) is 5.08. The molecule has 4 rings (SSSR count). The minimum atomic E-state index is -0.0364. The van der Waals surface area contributed by atoms with Gasteiger partial charge in [0.25, 0.3) is 5.91 Å². The van der Waals surface area contributed by atoms with E-state index in [4.69, 9.17) is 9.47 Å². The van der Waals surface area contributed by atoms with Gasteiger partial charge in [-0.1, -0.05) is 18.2 Å². The first-order chi connectivity index (χ1) is 14.7. The predicted octanol–water partition coefficient (Wildman–Crippen LogP) is 3.25. The van der Waals surface area contributed by atoms with Gasteiger partial charge in [-0.3, -0.25) is 9.20 Å². The number of amides is 1. The van der Waals surface area contributed by atoms with Crippen LogP contribution in [0.3, 0.4) is 0 Å². The molecule has 3 aromatic rings. The van der Waals surface area contributed by atoms with Crippen molar-refractivity contribution in [3.8, 4) is 11.5 Å². The summed E-state index contributed by atoms with van der Waals surface area (Å²) >= 11 is 0. The summed E-state index contributed by atoms with van der Waals surface area (Å²) in [5, 5.41) is 8.62. The van der Waals surface area contributed by atoms with Crippen LogP contribution in [-0.4, -0.2) is 52.2 Å². The van der Waals surface area contributed by atoms with Gasteiger partial charge in [0.2, 0.25) is 0 Å². The molecule has 3 heterocycles. The van der Waals surface area contributed by atoms with Crippen LogP contribution in [0.2, 0.25) is 0 Å². The number of carbonyl (C=O) groups excluding carboxylic acids is 1. The SMILES string of the molecule is C=CCc1ccc(OCC(=O)N2CCCC(c3nnc4ccccn34)C2)c(OC)c1. The van der Waals surface area contributed by atoms with Gasteiger partial charge in [-0.15, -0.1) is 16.8 Å². The van der Waals surface area contributed by atoms with Crippen LogP contribution in [-0.2, 0) is 11.2 Å². The van der Waals surface area contributed by atoms with Crippen LogP contribution in [0.5, 0.6) is 11.5 Å². The second-order valence-corrected chi connectivity index (χ2v) is 7.43. The lowest BCUT2D eigenvalue weighted by Crippen LogP contribution is -2.42. The Bertz CT molecular complexity index is 1050. The summed E-state index contributed by atoms with van der Waals surface area (Å²) in [6.07, 6.45) is 6.47. The molecule has 1 fully saturated rings. The molecular formula is C23H26N4O3. The maximum absolute atomic E-state index is 12.8. The predicted molar refractivity (Wildman–Crippen MR) is 114 cm³/mol. The number of fused-ring (bicyclic) bond motifs is 1. The fourth-order valence-electron chi connectivity index (χ4n) is 3.91. The van der Waals surface area contributed by atoms with Crippen LogP contribution >= 0.6 is 0 Å². The molecule has 1 saturated heterocycles. The molecule has 0 bridgehead atoms. The smallest absolute Gasteiger partial charge is 0.260 e. The molecule has 0 saturated carbocycles. The van der Waals surface area contributed by atoms with Crippen molar-refractivity contribution >= 4 is 11.6 Å². The molecule has 1 unspecified atom stereocenters. The number of carbonyl (C=O) groups is 1. The monoisotopic (exact) mass is 406 g/mol. The largest absolute Gasteiger partial charge is 0.493 e. The van der Waals surface area contributed by atoms with Crippen LogP contribution in [0, 0.1) is 0 Å².